The van der Waals surface area contributed by atoms with Crippen LogP contribution < -0.4 is 10.6 Å². The van der Waals surface area contributed by atoms with Gasteiger partial charge in [-0.05, 0) is 40.0 Å². The lowest BCUT2D eigenvalue weighted by Gasteiger charge is -2.48. The number of rotatable bonds is 8. The number of hydrogen-bond donors (Lipinski definition) is 2. The fourth-order valence-electron chi connectivity index (χ4n) is 2.53. The summed E-state index contributed by atoms with van der Waals surface area (Å²) < 4.78 is 11.2. The summed E-state index contributed by atoms with van der Waals surface area (Å²) in [5.41, 5.74) is -0.721. The number of unbranched alkanes of at least 4 members (excludes halogenated alkanes) is 1. The van der Waals surface area contributed by atoms with E-state index in [1.165, 1.54) is 0 Å². The van der Waals surface area contributed by atoms with Gasteiger partial charge in [-0.15, -0.1) is 0 Å². The van der Waals surface area contributed by atoms with E-state index in [0.29, 0.717) is 6.04 Å². The molecular formula is C17H34N2O3. The molecule has 1 aliphatic rings. The van der Waals surface area contributed by atoms with Gasteiger partial charge in [-0.25, -0.2) is 4.79 Å². The van der Waals surface area contributed by atoms with E-state index in [4.69, 9.17) is 9.47 Å². The highest BCUT2D eigenvalue weighted by molar-refractivity contribution is 5.69. The highest BCUT2D eigenvalue weighted by atomic mass is 16.6. The van der Waals surface area contributed by atoms with Crippen LogP contribution in [-0.2, 0) is 9.47 Å². The lowest BCUT2D eigenvalue weighted by molar-refractivity contribution is -0.0580. The SMILES string of the molecule is CCCCOC1CC(CNC(C)C)(NC(=O)OC(C)(C)C)C1. The van der Waals surface area contributed by atoms with Crippen LogP contribution in [0.3, 0.4) is 0 Å². The molecule has 0 bridgehead atoms. The second kappa shape index (κ2) is 8.16. The second-order valence-electron chi connectivity index (χ2n) is 7.70. The first-order valence-electron chi connectivity index (χ1n) is 8.52. The summed E-state index contributed by atoms with van der Waals surface area (Å²) in [6.07, 6.45) is 3.82. The smallest absolute Gasteiger partial charge is 0.408 e. The van der Waals surface area contributed by atoms with E-state index in [0.717, 1.165) is 38.8 Å². The average Bonchev–Trinajstić information content (AvgIpc) is 2.31. The Morgan fingerprint density at radius 3 is 2.45 bits per heavy atom. The summed E-state index contributed by atoms with van der Waals surface area (Å²) in [5, 5.41) is 6.48. The maximum Gasteiger partial charge on any atom is 0.408 e. The number of alkyl carbamates (subject to hydrolysis) is 1. The lowest BCUT2D eigenvalue weighted by atomic mass is 9.74. The lowest BCUT2D eigenvalue weighted by Crippen LogP contribution is -2.65. The summed E-state index contributed by atoms with van der Waals surface area (Å²) in [6.45, 7) is 13.6. The van der Waals surface area contributed by atoms with Crippen molar-refractivity contribution in [1.82, 2.24) is 10.6 Å². The van der Waals surface area contributed by atoms with Crippen molar-refractivity contribution in [2.24, 2.45) is 0 Å². The van der Waals surface area contributed by atoms with Crippen molar-refractivity contribution < 1.29 is 14.3 Å². The van der Waals surface area contributed by atoms with Crippen molar-refractivity contribution in [3.05, 3.63) is 0 Å². The third kappa shape index (κ3) is 6.97. The van der Waals surface area contributed by atoms with Crippen LogP contribution in [-0.4, -0.2) is 42.5 Å². The van der Waals surface area contributed by atoms with Gasteiger partial charge in [0.25, 0.3) is 0 Å². The molecule has 0 aromatic rings. The van der Waals surface area contributed by atoms with E-state index >= 15 is 0 Å². The van der Waals surface area contributed by atoms with Crippen molar-refractivity contribution in [3.63, 3.8) is 0 Å². The minimum atomic E-state index is -0.475. The van der Waals surface area contributed by atoms with Gasteiger partial charge in [0.1, 0.15) is 5.60 Å². The Bertz CT molecular complexity index is 344. The van der Waals surface area contributed by atoms with Crippen LogP contribution >= 0.6 is 0 Å². The Labute approximate surface area is 135 Å². The Hall–Kier alpha value is -0.810. The molecular weight excluding hydrogens is 280 g/mol. The molecule has 0 unspecified atom stereocenters. The zero-order valence-electron chi connectivity index (χ0n) is 15.1. The average molecular weight is 314 g/mol. The molecule has 1 aliphatic carbocycles. The number of carbonyl (C=O) groups excluding carboxylic acids is 1. The monoisotopic (exact) mass is 314 g/mol. The Morgan fingerprint density at radius 2 is 1.95 bits per heavy atom. The topological polar surface area (TPSA) is 59.6 Å². The van der Waals surface area contributed by atoms with E-state index in [9.17, 15) is 4.79 Å². The third-order valence-electron chi connectivity index (χ3n) is 3.70. The van der Waals surface area contributed by atoms with Crippen LogP contribution in [0.2, 0.25) is 0 Å². The first-order valence-corrected chi connectivity index (χ1v) is 8.52. The molecule has 5 nitrogen and oxygen atoms in total. The van der Waals surface area contributed by atoms with Crippen LogP contribution in [0.1, 0.15) is 67.2 Å². The van der Waals surface area contributed by atoms with Crippen molar-refractivity contribution in [1.29, 1.82) is 0 Å². The molecule has 0 radical (unpaired) electrons. The van der Waals surface area contributed by atoms with Gasteiger partial charge >= 0.3 is 6.09 Å². The molecule has 1 fully saturated rings. The minimum Gasteiger partial charge on any atom is -0.444 e. The molecule has 1 saturated carbocycles. The van der Waals surface area contributed by atoms with Crippen LogP contribution in [0.15, 0.2) is 0 Å². The predicted octanol–water partition coefficient (Wildman–Crippen LogP) is 3.23. The number of amides is 1. The maximum atomic E-state index is 12.1. The predicted molar refractivity (Wildman–Crippen MR) is 89.1 cm³/mol. The van der Waals surface area contributed by atoms with Crippen molar-refractivity contribution >= 4 is 6.09 Å². The number of carbonyl (C=O) groups is 1. The Morgan fingerprint density at radius 1 is 1.32 bits per heavy atom. The Balaban J connectivity index is 2.49. The van der Waals surface area contributed by atoms with Crippen LogP contribution in [0.25, 0.3) is 0 Å². The van der Waals surface area contributed by atoms with Crippen LogP contribution in [0, 0.1) is 0 Å². The first-order chi connectivity index (χ1) is 10.2. The Kier molecular flexibility index (Phi) is 7.13. The molecule has 130 valence electrons. The van der Waals surface area contributed by atoms with Gasteiger partial charge in [0.05, 0.1) is 11.6 Å². The number of ether oxygens (including phenoxy) is 2. The van der Waals surface area contributed by atoms with E-state index in [2.05, 4.69) is 31.4 Å². The maximum absolute atomic E-state index is 12.1. The third-order valence-corrected chi connectivity index (χ3v) is 3.70. The van der Waals surface area contributed by atoms with Crippen molar-refractivity contribution in [2.45, 2.75) is 90.5 Å². The molecule has 2 N–H and O–H groups in total. The van der Waals surface area contributed by atoms with Gasteiger partial charge in [-0.2, -0.15) is 0 Å². The molecule has 1 amide bonds. The summed E-state index contributed by atoms with van der Waals surface area (Å²) in [6, 6.07) is 0.386. The molecule has 5 heteroatoms. The van der Waals surface area contributed by atoms with E-state index in [1.807, 2.05) is 20.8 Å². The molecule has 0 saturated heterocycles. The zero-order valence-corrected chi connectivity index (χ0v) is 15.1. The summed E-state index contributed by atoms with van der Waals surface area (Å²) in [4.78, 5) is 12.1. The summed E-state index contributed by atoms with van der Waals surface area (Å²) in [7, 11) is 0. The van der Waals surface area contributed by atoms with E-state index in [-0.39, 0.29) is 17.7 Å². The molecule has 0 aromatic carbocycles. The molecule has 0 aromatic heterocycles. The first kappa shape index (κ1) is 19.2. The van der Waals surface area contributed by atoms with Crippen LogP contribution in [0.5, 0.6) is 0 Å². The highest BCUT2D eigenvalue weighted by Gasteiger charge is 2.46. The fourth-order valence-corrected chi connectivity index (χ4v) is 2.53. The largest absolute Gasteiger partial charge is 0.444 e. The molecule has 0 spiro atoms. The van der Waals surface area contributed by atoms with Gasteiger partial charge in [0, 0.05) is 19.2 Å². The van der Waals surface area contributed by atoms with Crippen molar-refractivity contribution in [3.8, 4) is 0 Å². The molecule has 1 rings (SSSR count). The van der Waals surface area contributed by atoms with Crippen LogP contribution in [0.4, 0.5) is 4.79 Å². The summed E-state index contributed by atoms with van der Waals surface area (Å²) in [5.74, 6) is 0. The number of hydrogen-bond acceptors (Lipinski definition) is 4. The molecule has 0 atom stereocenters. The quantitative estimate of drug-likeness (QED) is 0.675. The molecule has 22 heavy (non-hydrogen) atoms. The normalized spacial score (nSPS) is 25.0. The van der Waals surface area contributed by atoms with Gasteiger partial charge in [0.2, 0.25) is 0 Å². The second-order valence-corrected chi connectivity index (χ2v) is 7.70. The fraction of sp³-hybridized carbons (Fsp3) is 0.941. The molecule has 0 aliphatic heterocycles. The molecule has 0 heterocycles. The summed E-state index contributed by atoms with van der Waals surface area (Å²) >= 11 is 0. The van der Waals surface area contributed by atoms with Gasteiger partial charge < -0.3 is 20.1 Å². The van der Waals surface area contributed by atoms with Gasteiger partial charge in [-0.3, -0.25) is 0 Å². The number of nitrogens with one attached hydrogen (secondary N) is 2. The zero-order chi connectivity index (χ0) is 16.8. The highest BCUT2D eigenvalue weighted by Crippen LogP contribution is 2.35. The van der Waals surface area contributed by atoms with E-state index < -0.39 is 5.60 Å². The van der Waals surface area contributed by atoms with Gasteiger partial charge in [-0.1, -0.05) is 27.2 Å². The van der Waals surface area contributed by atoms with Gasteiger partial charge in [0.15, 0.2) is 0 Å². The standard InChI is InChI=1S/C17H34N2O3/c1-7-8-9-21-14-10-17(11-14,12-18-13(2)3)19-15(20)22-16(4,5)6/h13-14,18H,7-12H2,1-6H3,(H,19,20). The van der Waals surface area contributed by atoms with Crippen molar-refractivity contribution in [2.75, 3.05) is 13.2 Å². The van der Waals surface area contributed by atoms with E-state index in [1.54, 1.807) is 0 Å². The minimum absolute atomic E-state index is 0.246.